The van der Waals surface area contributed by atoms with E-state index in [1.807, 2.05) is 0 Å². The Balaban J connectivity index is 1.97. The Morgan fingerprint density at radius 3 is 2.74 bits per heavy atom. The smallest absolute Gasteiger partial charge is 0.355 e. The summed E-state index contributed by atoms with van der Waals surface area (Å²) < 4.78 is 9.81. The van der Waals surface area contributed by atoms with Gasteiger partial charge in [-0.2, -0.15) is 0 Å². The number of nitro benzene ring substituents is 1. The third kappa shape index (κ3) is 4.06. The van der Waals surface area contributed by atoms with E-state index in [2.05, 4.69) is 10.3 Å². The average molecular weight is 319 g/mol. The monoisotopic (exact) mass is 319 g/mol. The molecular weight excluding hydrogens is 306 g/mol. The summed E-state index contributed by atoms with van der Waals surface area (Å²) in [6.45, 7) is -0.502. The van der Waals surface area contributed by atoms with E-state index in [1.54, 1.807) is 12.3 Å². The van der Waals surface area contributed by atoms with Gasteiger partial charge in [0.15, 0.2) is 6.61 Å². The van der Waals surface area contributed by atoms with Crippen molar-refractivity contribution >= 4 is 23.3 Å². The van der Waals surface area contributed by atoms with Gasteiger partial charge in [-0.1, -0.05) is 0 Å². The summed E-state index contributed by atoms with van der Waals surface area (Å²) >= 11 is 0. The molecular formula is C14H13N3O6. The van der Waals surface area contributed by atoms with Crippen LogP contribution in [0.3, 0.4) is 0 Å². The number of nitrogens with zero attached hydrogens (tertiary/aromatic N) is 1. The Morgan fingerprint density at radius 2 is 2.13 bits per heavy atom. The van der Waals surface area contributed by atoms with E-state index < -0.39 is 23.4 Å². The summed E-state index contributed by atoms with van der Waals surface area (Å²) in [6.07, 6.45) is 1.55. The van der Waals surface area contributed by atoms with Crippen molar-refractivity contribution in [1.29, 1.82) is 0 Å². The highest BCUT2D eigenvalue weighted by Crippen LogP contribution is 2.28. The number of ether oxygens (including phenoxy) is 2. The fourth-order valence-electron chi connectivity index (χ4n) is 1.75. The molecule has 0 unspecified atom stereocenters. The van der Waals surface area contributed by atoms with Crippen molar-refractivity contribution in [3.8, 4) is 5.75 Å². The number of non-ortho nitro benzene ring substituents is 1. The molecule has 9 heteroatoms. The van der Waals surface area contributed by atoms with Crippen molar-refractivity contribution in [3.63, 3.8) is 0 Å². The Hall–Kier alpha value is -3.36. The first-order chi connectivity index (χ1) is 11.0. The molecule has 2 aromatic rings. The van der Waals surface area contributed by atoms with Gasteiger partial charge in [0.1, 0.15) is 11.4 Å². The summed E-state index contributed by atoms with van der Waals surface area (Å²) in [5.41, 5.74) is 0.294. The number of benzene rings is 1. The van der Waals surface area contributed by atoms with E-state index in [-0.39, 0.29) is 22.8 Å². The first-order valence-corrected chi connectivity index (χ1v) is 6.44. The quantitative estimate of drug-likeness (QED) is 0.475. The highest BCUT2D eigenvalue weighted by atomic mass is 16.6. The second-order valence-electron chi connectivity index (χ2n) is 4.35. The van der Waals surface area contributed by atoms with E-state index in [0.29, 0.717) is 0 Å². The Bertz CT molecular complexity index is 726. The molecule has 0 radical (unpaired) electrons. The molecule has 0 bridgehead atoms. The van der Waals surface area contributed by atoms with E-state index in [1.165, 1.54) is 31.4 Å². The van der Waals surface area contributed by atoms with Gasteiger partial charge in [0.2, 0.25) is 0 Å². The van der Waals surface area contributed by atoms with Gasteiger partial charge < -0.3 is 19.8 Å². The zero-order valence-electron chi connectivity index (χ0n) is 12.1. The molecule has 1 heterocycles. The first-order valence-electron chi connectivity index (χ1n) is 6.44. The van der Waals surface area contributed by atoms with Crippen LogP contribution in [0.5, 0.6) is 5.75 Å². The van der Waals surface area contributed by atoms with Crippen LogP contribution in [-0.2, 0) is 9.53 Å². The van der Waals surface area contributed by atoms with Gasteiger partial charge >= 0.3 is 5.97 Å². The van der Waals surface area contributed by atoms with Crippen LogP contribution in [-0.4, -0.2) is 35.5 Å². The number of H-pyrrole nitrogens is 1. The van der Waals surface area contributed by atoms with Crippen LogP contribution in [0.15, 0.2) is 36.5 Å². The third-order valence-electron chi connectivity index (χ3n) is 2.82. The lowest BCUT2D eigenvalue weighted by Crippen LogP contribution is -2.21. The molecule has 0 atom stereocenters. The largest absolute Gasteiger partial charge is 0.494 e. The topological polar surface area (TPSA) is 124 Å². The van der Waals surface area contributed by atoms with Gasteiger partial charge in [0, 0.05) is 12.3 Å². The van der Waals surface area contributed by atoms with Gasteiger partial charge in [-0.25, -0.2) is 4.79 Å². The van der Waals surface area contributed by atoms with Crippen molar-refractivity contribution in [2.75, 3.05) is 19.0 Å². The number of esters is 1. The predicted molar refractivity (Wildman–Crippen MR) is 79.4 cm³/mol. The number of carbonyl (C=O) groups excluding carboxylic acids is 2. The minimum Gasteiger partial charge on any atom is -0.494 e. The van der Waals surface area contributed by atoms with Crippen molar-refractivity contribution in [3.05, 3.63) is 52.3 Å². The van der Waals surface area contributed by atoms with Crippen LogP contribution >= 0.6 is 0 Å². The number of nitrogens with one attached hydrogen (secondary N) is 2. The zero-order valence-corrected chi connectivity index (χ0v) is 12.1. The zero-order chi connectivity index (χ0) is 16.8. The first kappa shape index (κ1) is 16.0. The van der Waals surface area contributed by atoms with E-state index >= 15 is 0 Å². The van der Waals surface area contributed by atoms with Crippen molar-refractivity contribution < 1.29 is 24.0 Å². The van der Waals surface area contributed by atoms with Crippen LogP contribution < -0.4 is 10.1 Å². The van der Waals surface area contributed by atoms with E-state index in [9.17, 15) is 19.7 Å². The molecule has 1 aromatic heterocycles. The molecule has 0 aliphatic heterocycles. The summed E-state index contributed by atoms with van der Waals surface area (Å²) in [7, 11) is 1.32. The normalized spacial score (nSPS) is 9.96. The fourth-order valence-corrected chi connectivity index (χ4v) is 1.75. The highest BCUT2D eigenvalue weighted by Gasteiger charge is 2.15. The molecule has 0 aliphatic carbocycles. The molecule has 0 spiro atoms. The van der Waals surface area contributed by atoms with E-state index in [4.69, 9.17) is 9.47 Å². The Labute approximate surface area is 130 Å². The number of anilines is 1. The number of carbonyl (C=O) groups is 2. The molecule has 2 rings (SSSR count). The molecule has 0 saturated heterocycles. The molecule has 0 fully saturated rings. The molecule has 0 saturated carbocycles. The summed E-state index contributed by atoms with van der Waals surface area (Å²) in [5, 5.41) is 13.1. The van der Waals surface area contributed by atoms with Gasteiger partial charge in [-0.05, 0) is 18.2 Å². The Morgan fingerprint density at radius 1 is 1.35 bits per heavy atom. The second kappa shape index (κ2) is 7.07. The minimum absolute atomic E-state index is 0.128. The summed E-state index contributed by atoms with van der Waals surface area (Å²) in [4.78, 5) is 36.1. The van der Waals surface area contributed by atoms with Gasteiger partial charge in [0.05, 0.1) is 23.8 Å². The standard InChI is InChI=1S/C14H13N3O6/c1-22-12-7-9(17(20)21)4-5-10(12)16-13(18)8-23-14(19)11-3-2-6-15-11/h2-7,15H,8H2,1H3,(H,16,18). The molecule has 23 heavy (non-hydrogen) atoms. The number of hydrogen-bond acceptors (Lipinski definition) is 6. The number of methoxy groups -OCH3 is 1. The van der Waals surface area contributed by atoms with Crippen LogP contribution in [0.2, 0.25) is 0 Å². The fraction of sp³-hybridized carbons (Fsp3) is 0.143. The van der Waals surface area contributed by atoms with E-state index in [0.717, 1.165) is 0 Å². The Kier molecular flexibility index (Phi) is 4.92. The molecule has 2 N–H and O–H groups in total. The number of rotatable bonds is 6. The molecule has 120 valence electrons. The molecule has 9 nitrogen and oxygen atoms in total. The number of aromatic nitrogens is 1. The number of amides is 1. The third-order valence-corrected chi connectivity index (χ3v) is 2.82. The second-order valence-corrected chi connectivity index (χ2v) is 4.35. The summed E-state index contributed by atoms with van der Waals surface area (Å²) in [6, 6.07) is 6.88. The lowest BCUT2D eigenvalue weighted by molar-refractivity contribution is -0.384. The van der Waals surface area contributed by atoms with Crippen molar-refractivity contribution in [2.24, 2.45) is 0 Å². The van der Waals surface area contributed by atoms with Crippen LogP contribution in [0, 0.1) is 10.1 Å². The van der Waals surface area contributed by atoms with Gasteiger partial charge in [0.25, 0.3) is 11.6 Å². The number of hydrogen-bond donors (Lipinski definition) is 2. The molecule has 1 amide bonds. The van der Waals surface area contributed by atoms with Crippen molar-refractivity contribution in [1.82, 2.24) is 4.98 Å². The van der Waals surface area contributed by atoms with Crippen LogP contribution in [0.1, 0.15) is 10.5 Å². The number of nitro groups is 1. The molecule has 1 aromatic carbocycles. The highest BCUT2D eigenvalue weighted by molar-refractivity contribution is 5.96. The lowest BCUT2D eigenvalue weighted by Gasteiger charge is -2.10. The average Bonchev–Trinajstić information content (AvgIpc) is 3.07. The number of aromatic amines is 1. The predicted octanol–water partition coefficient (Wildman–Crippen LogP) is 1.73. The SMILES string of the molecule is COc1cc([N+](=O)[O-])ccc1NC(=O)COC(=O)c1ccc[nH]1. The summed E-state index contributed by atoms with van der Waals surface area (Å²) in [5.74, 6) is -1.14. The minimum atomic E-state index is -0.666. The van der Waals surface area contributed by atoms with Crippen molar-refractivity contribution in [2.45, 2.75) is 0 Å². The maximum Gasteiger partial charge on any atom is 0.355 e. The van der Waals surface area contributed by atoms with Crippen LogP contribution in [0.25, 0.3) is 0 Å². The van der Waals surface area contributed by atoms with Gasteiger partial charge in [-0.15, -0.1) is 0 Å². The maximum atomic E-state index is 11.8. The lowest BCUT2D eigenvalue weighted by atomic mass is 10.2. The molecule has 0 aliphatic rings. The maximum absolute atomic E-state index is 11.8. The van der Waals surface area contributed by atoms with Crippen LogP contribution in [0.4, 0.5) is 11.4 Å². The van der Waals surface area contributed by atoms with Gasteiger partial charge in [-0.3, -0.25) is 14.9 Å².